The number of anilines is 1. The van der Waals surface area contributed by atoms with Crippen LogP contribution < -0.4 is 11.1 Å². The molecule has 0 aromatic heterocycles. The molecule has 1 heterocycles. The molecule has 0 saturated carbocycles. The van der Waals surface area contributed by atoms with Gasteiger partial charge in [0.2, 0.25) is 0 Å². The first-order valence-electron chi connectivity index (χ1n) is 9.97. The number of likely N-dealkylation sites (tertiary alicyclic amines) is 1. The summed E-state index contributed by atoms with van der Waals surface area (Å²) >= 11 is 0. The van der Waals surface area contributed by atoms with Crippen LogP contribution in [0.2, 0.25) is 0 Å². The minimum Gasteiger partial charge on any atom is -0.444 e. The molecule has 1 amide bonds. The second-order valence-corrected chi connectivity index (χ2v) is 8.60. The summed E-state index contributed by atoms with van der Waals surface area (Å²) in [6.45, 7) is 7.79. The summed E-state index contributed by atoms with van der Waals surface area (Å²) in [5.41, 5.74) is 9.50. The van der Waals surface area contributed by atoms with E-state index in [1.807, 2.05) is 20.8 Å². The van der Waals surface area contributed by atoms with Crippen molar-refractivity contribution < 1.29 is 9.53 Å². The van der Waals surface area contributed by atoms with Crippen molar-refractivity contribution in [2.45, 2.75) is 58.5 Å². The molecule has 1 saturated heterocycles. The van der Waals surface area contributed by atoms with Crippen molar-refractivity contribution in [3.63, 3.8) is 0 Å². The number of nitrogens with zero attached hydrogens (tertiary/aromatic N) is 2. The van der Waals surface area contributed by atoms with Crippen LogP contribution in [0.5, 0.6) is 0 Å². The molecular formula is C21H32N4O2. The van der Waals surface area contributed by atoms with Gasteiger partial charge < -0.3 is 20.7 Å². The highest BCUT2D eigenvalue weighted by molar-refractivity contribution is 5.92. The van der Waals surface area contributed by atoms with Crippen LogP contribution in [0.1, 0.15) is 51.2 Å². The van der Waals surface area contributed by atoms with Gasteiger partial charge in [-0.3, -0.25) is 4.99 Å². The van der Waals surface area contributed by atoms with Crippen molar-refractivity contribution in [3.8, 4) is 0 Å². The average molecular weight is 373 g/mol. The smallest absolute Gasteiger partial charge is 0.410 e. The topological polar surface area (TPSA) is 80.0 Å². The molecule has 1 aliphatic carbocycles. The molecule has 1 fully saturated rings. The van der Waals surface area contributed by atoms with Crippen LogP contribution in [0.25, 0.3) is 0 Å². The number of aryl methyl sites for hydroxylation is 2. The Morgan fingerprint density at radius 3 is 2.67 bits per heavy atom. The predicted molar refractivity (Wildman–Crippen MR) is 109 cm³/mol. The minimum atomic E-state index is -0.449. The largest absolute Gasteiger partial charge is 0.444 e. The van der Waals surface area contributed by atoms with E-state index in [2.05, 4.69) is 28.5 Å². The van der Waals surface area contributed by atoms with Gasteiger partial charge in [-0.1, -0.05) is 6.07 Å². The fourth-order valence-electron chi connectivity index (χ4n) is 3.69. The van der Waals surface area contributed by atoms with Crippen LogP contribution in [0.3, 0.4) is 0 Å². The lowest BCUT2D eigenvalue weighted by molar-refractivity contribution is 0.0187. The Bertz CT molecular complexity index is 701. The number of nitrogens with one attached hydrogen (secondary N) is 1. The molecule has 0 atom stereocenters. The Balaban J connectivity index is 1.44. The summed E-state index contributed by atoms with van der Waals surface area (Å²) in [4.78, 5) is 18.4. The van der Waals surface area contributed by atoms with E-state index in [1.165, 1.54) is 24.0 Å². The first kappa shape index (κ1) is 19.5. The summed E-state index contributed by atoms with van der Waals surface area (Å²) < 4.78 is 5.44. The molecule has 0 unspecified atom stereocenters. The molecule has 6 nitrogen and oxygen atoms in total. The number of carbonyl (C=O) groups is 1. The zero-order valence-electron chi connectivity index (χ0n) is 16.8. The predicted octanol–water partition coefficient (Wildman–Crippen LogP) is 3.55. The molecule has 3 N–H and O–H groups in total. The molecule has 148 valence electrons. The maximum absolute atomic E-state index is 12.1. The molecule has 1 aromatic rings. The third-order valence-electron chi connectivity index (χ3n) is 5.16. The summed E-state index contributed by atoms with van der Waals surface area (Å²) in [6.07, 6.45) is 5.20. The zero-order chi connectivity index (χ0) is 19.4. The van der Waals surface area contributed by atoms with Crippen LogP contribution in [-0.4, -0.2) is 42.2 Å². The van der Waals surface area contributed by atoms with Gasteiger partial charge in [0, 0.05) is 25.3 Å². The van der Waals surface area contributed by atoms with E-state index >= 15 is 0 Å². The van der Waals surface area contributed by atoms with Gasteiger partial charge in [0.25, 0.3) is 0 Å². The number of piperidine rings is 1. The molecule has 6 heteroatoms. The number of hydrogen-bond donors (Lipinski definition) is 2. The van der Waals surface area contributed by atoms with Crippen LogP contribution in [0.15, 0.2) is 23.2 Å². The molecule has 1 aliphatic heterocycles. The lowest BCUT2D eigenvalue weighted by atomic mass is 9.97. The maximum Gasteiger partial charge on any atom is 0.410 e. The van der Waals surface area contributed by atoms with E-state index in [0.717, 1.165) is 24.9 Å². The third kappa shape index (κ3) is 5.62. The third-order valence-corrected chi connectivity index (χ3v) is 5.16. The highest BCUT2D eigenvalue weighted by Gasteiger charge is 2.26. The van der Waals surface area contributed by atoms with Gasteiger partial charge in [0.1, 0.15) is 5.60 Å². The van der Waals surface area contributed by atoms with E-state index in [0.29, 0.717) is 31.5 Å². The SMILES string of the molecule is CC(C)(C)OC(=O)N1CCC(CN=C(N)Nc2ccc3c(c2)CCC3)CC1. The van der Waals surface area contributed by atoms with Crippen LogP contribution in [-0.2, 0) is 17.6 Å². The van der Waals surface area contributed by atoms with E-state index in [4.69, 9.17) is 10.5 Å². The van der Waals surface area contributed by atoms with Crippen molar-refractivity contribution >= 4 is 17.7 Å². The van der Waals surface area contributed by atoms with Crippen molar-refractivity contribution in [1.29, 1.82) is 0 Å². The number of rotatable bonds is 3. The zero-order valence-corrected chi connectivity index (χ0v) is 16.8. The summed E-state index contributed by atoms with van der Waals surface area (Å²) in [5, 5.41) is 3.21. The van der Waals surface area contributed by atoms with Gasteiger partial charge in [-0.25, -0.2) is 4.79 Å². The van der Waals surface area contributed by atoms with Crippen molar-refractivity contribution in [3.05, 3.63) is 29.3 Å². The van der Waals surface area contributed by atoms with Gasteiger partial charge in [-0.2, -0.15) is 0 Å². The van der Waals surface area contributed by atoms with Gasteiger partial charge >= 0.3 is 6.09 Å². The monoisotopic (exact) mass is 372 g/mol. The van der Waals surface area contributed by atoms with Crippen molar-refractivity contribution in [1.82, 2.24) is 4.90 Å². The minimum absolute atomic E-state index is 0.220. The van der Waals surface area contributed by atoms with Gasteiger partial charge in [-0.05, 0) is 82.1 Å². The molecule has 2 aliphatic rings. The number of hydrogen-bond acceptors (Lipinski definition) is 3. The Labute approximate surface area is 162 Å². The highest BCUT2D eigenvalue weighted by Crippen LogP contribution is 2.25. The number of guanidine groups is 1. The Hall–Kier alpha value is -2.24. The number of fused-ring (bicyclic) bond motifs is 1. The Kier molecular flexibility index (Phi) is 5.92. The summed E-state index contributed by atoms with van der Waals surface area (Å²) in [7, 11) is 0. The second-order valence-electron chi connectivity index (χ2n) is 8.60. The number of benzene rings is 1. The van der Waals surface area contributed by atoms with Gasteiger partial charge in [-0.15, -0.1) is 0 Å². The Morgan fingerprint density at radius 2 is 1.96 bits per heavy atom. The fraction of sp³-hybridized carbons (Fsp3) is 0.619. The number of carbonyl (C=O) groups excluding carboxylic acids is 1. The molecule has 3 rings (SSSR count). The van der Waals surface area contributed by atoms with Gasteiger partial charge in [0.05, 0.1) is 0 Å². The maximum atomic E-state index is 12.1. The number of nitrogens with two attached hydrogens (primary N) is 1. The normalized spacial score (nSPS) is 18.3. The van der Waals surface area contributed by atoms with E-state index < -0.39 is 5.60 Å². The number of ether oxygens (including phenoxy) is 1. The molecule has 1 aromatic carbocycles. The van der Waals surface area contributed by atoms with E-state index in [9.17, 15) is 4.79 Å². The lowest BCUT2D eigenvalue weighted by Gasteiger charge is -2.33. The first-order chi connectivity index (χ1) is 12.8. The summed E-state index contributed by atoms with van der Waals surface area (Å²) in [5.74, 6) is 0.909. The standard InChI is InChI=1S/C21H32N4O2/c1-21(2,3)27-20(26)25-11-9-15(10-12-25)14-23-19(22)24-18-8-7-16-5-4-6-17(16)13-18/h7-8,13,15H,4-6,9-12,14H2,1-3H3,(H3,22,23,24). The number of amides is 1. The molecule has 0 bridgehead atoms. The Morgan fingerprint density at radius 1 is 1.26 bits per heavy atom. The lowest BCUT2D eigenvalue weighted by Crippen LogP contribution is -2.42. The molecule has 27 heavy (non-hydrogen) atoms. The van der Waals surface area contributed by atoms with Crippen LogP contribution in [0.4, 0.5) is 10.5 Å². The molecule has 0 radical (unpaired) electrons. The van der Waals surface area contributed by atoms with Crippen LogP contribution in [0, 0.1) is 5.92 Å². The number of aliphatic imine (C=N–C) groups is 1. The molecular weight excluding hydrogens is 340 g/mol. The first-order valence-corrected chi connectivity index (χ1v) is 9.97. The second kappa shape index (κ2) is 8.19. The van der Waals surface area contributed by atoms with E-state index in [-0.39, 0.29) is 6.09 Å². The van der Waals surface area contributed by atoms with Gasteiger partial charge in [0.15, 0.2) is 5.96 Å². The fourth-order valence-corrected chi connectivity index (χ4v) is 3.69. The van der Waals surface area contributed by atoms with E-state index in [1.54, 1.807) is 4.90 Å². The van der Waals surface area contributed by atoms with Crippen molar-refractivity contribution in [2.75, 3.05) is 25.0 Å². The highest BCUT2D eigenvalue weighted by atomic mass is 16.6. The van der Waals surface area contributed by atoms with Crippen molar-refractivity contribution in [2.24, 2.45) is 16.6 Å². The molecule has 0 spiro atoms. The average Bonchev–Trinajstić information content (AvgIpc) is 3.06. The van der Waals surface area contributed by atoms with Crippen LogP contribution >= 0.6 is 0 Å². The summed E-state index contributed by atoms with van der Waals surface area (Å²) in [6, 6.07) is 6.44. The quantitative estimate of drug-likeness (QED) is 0.628.